The second-order valence-corrected chi connectivity index (χ2v) is 4.92. The molecule has 0 aliphatic carbocycles. The average molecular weight is 301 g/mol. The predicted molar refractivity (Wildman–Crippen MR) is 84.0 cm³/mol. The molecule has 5 heteroatoms. The summed E-state index contributed by atoms with van der Waals surface area (Å²) in [5.74, 6) is 2.32. The summed E-state index contributed by atoms with van der Waals surface area (Å²) in [6.45, 7) is 7.33. The number of halogens is 1. The number of hydrogen-bond acceptors (Lipinski definition) is 4. The normalized spacial score (nSPS) is 18.6. The van der Waals surface area contributed by atoms with Gasteiger partial charge in [0.25, 0.3) is 0 Å². The Balaban J connectivity index is 0.00000200. The molecule has 114 valence electrons. The van der Waals surface area contributed by atoms with Crippen molar-refractivity contribution in [3.05, 3.63) is 24.3 Å². The van der Waals surface area contributed by atoms with E-state index in [1.807, 2.05) is 31.2 Å². The topological polar surface area (TPSA) is 47.7 Å². The Morgan fingerprint density at radius 3 is 2.55 bits per heavy atom. The molecule has 0 aromatic heterocycles. The van der Waals surface area contributed by atoms with Crippen LogP contribution in [0.25, 0.3) is 0 Å². The number of hydrogen-bond donors (Lipinski definition) is 1. The summed E-state index contributed by atoms with van der Waals surface area (Å²) in [7, 11) is 0. The van der Waals surface area contributed by atoms with E-state index in [0.29, 0.717) is 19.1 Å². The fourth-order valence-electron chi connectivity index (χ4n) is 2.44. The van der Waals surface area contributed by atoms with Gasteiger partial charge in [-0.2, -0.15) is 0 Å². The van der Waals surface area contributed by atoms with Gasteiger partial charge < -0.3 is 15.2 Å². The van der Waals surface area contributed by atoms with Crippen LogP contribution in [0, 0.1) is 5.92 Å². The van der Waals surface area contributed by atoms with Gasteiger partial charge in [-0.15, -0.1) is 12.4 Å². The number of nitrogens with zero attached hydrogens (tertiary/aromatic N) is 1. The van der Waals surface area contributed by atoms with Gasteiger partial charge in [0.15, 0.2) is 11.5 Å². The van der Waals surface area contributed by atoms with Crippen LogP contribution in [0.1, 0.15) is 13.3 Å². The van der Waals surface area contributed by atoms with Gasteiger partial charge in [0.2, 0.25) is 0 Å². The first-order valence-electron chi connectivity index (χ1n) is 7.10. The smallest absolute Gasteiger partial charge is 0.161 e. The van der Waals surface area contributed by atoms with E-state index in [-0.39, 0.29) is 12.4 Å². The van der Waals surface area contributed by atoms with E-state index in [1.54, 1.807) is 0 Å². The molecule has 0 amide bonds. The van der Waals surface area contributed by atoms with Crippen molar-refractivity contribution in [3.63, 3.8) is 0 Å². The van der Waals surface area contributed by atoms with Crippen molar-refractivity contribution in [1.29, 1.82) is 0 Å². The quantitative estimate of drug-likeness (QED) is 0.838. The third kappa shape index (κ3) is 4.85. The van der Waals surface area contributed by atoms with E-state index in [0.717, 1.165) is 37.7 Å². The SMILES string of the molecule is CCOc1ccccc1OCCN1CCC(CN)C1.Cl. The highest BCUT2D eigenvalue weighted by atomic mass is 35.5. The largest absolute Gasteiger partial charge is 0.490 e. The molecule has 1 aromatic rings. The molecule has 1 aromatic carbocycles. The van der Waals surface area contributed by atoms with Crippen molar-refractivity contribution in [2.24, 2.45) is 11.7 Å². The van der Waals surface area contributed by atoms with E-state index in [9.17, 15) is 0 Å². The zero-order chi connectivity index (χ0) is 13.5. The molecule has 0 spiro atoms. The molecule has 1 aliphatic heterocycles. The van der Waals surface area contributed by atoms with Gasteiger partial charge in [-0.1, -0.05) is 12.1 Å². The monoisotopic (exact) mass is 300 g/mol. The zero-order valence-electron chi connectivity index (χ0n) is 12.1. The maximum Gasteiger partial charge on any atom is 0.161 e. The van der Waals surface area contributed by atoms with Gasteiger partial charge in [0.1, 0.15) is 6.61 Å². The molecule has 0 saturated carbocycles. The maximum atomic E-state index is 5.82. The van der Waals surface area contributed by atoms with Crippen molar-refractivity contribution in [2.45, 2.75) is 13.3 Å². The van der Waals surface area contributed by atoms with Crippen molar-refractivity contribution >= 4 is 12.4 Å². The predicted octanol–water partition coefficient (Wildman–Crippen LogP) is 2.17. The summed E-state index contributed by atoms with van der Waals surface area (Å²) in [6, 6.07) is 7.83. The van der Waals surface area contributed by atoms with Gasteiger partial charge in [0.05, 0.1) is 6.61 Å². The Morgan fingerprint density at radius 1 is 1.25 bits per heavy atom. The van der Waals surface area contributed by atoms with Gasteiger partial charge in [-0.3, -0.25) is 4.90 Å². The lowest BCUT2D eigenvalue weighted by Gasteiger charge is -2.17. The molecule has 0 bridgehead atoms. The van der Waals surface area contributed by atoms with Crippen LogP contribution < -0.4 is 15.2 Å². The lowest BCUT2D eigenvalue weighted by molar-refractivity contribution is 0.222. The van der Waals surface area contributed by atoms with Crippen molar-refractivity contribution in [1.82, 2.24) is 4.90 Å². The van der Waals surface area contributed by atoms with Crippen molar-refractivity contribution < 1.29 is 9.47 Å². The van der Waals surface area contributed by atoms with E-state index >= 15 is 0 Å². The van der Waals surface area contributed by atoms with Gasteiger partial charge in [0, 0.05) is 13.1 Å². The minimum atomic E-state index is 0. The molecule has 1 unspecified atom stereocenters. The van der Waals surface area contributed by atoms with Crippen LogP contribution in [0.2, 0.25) is 0 Å². The first-order valence-corrected chi connectivity index (χ1v) is 7.10. The Bertz CT molecular complexity index is 390. The van der Waals surface area contributed by atoms with E-state index < -0.39 is 0 Å². The molecular formula is C15H25ClN2O2. The summed E-state index contributed by atoms with van der Waals surface area (Å²) in [5.41, 5.74) is 5.69. The Labute approximate surface area is 127 Å². The van der Waals surface area contributed by atoms with E-state index in [2.05, 4.69) is 4.90 Å². The zero-order valence-corrected chi connectivity index (χ0v) is 12.9. The Kier molecular flexibility index (Phi) is 7.73. The van der Waals surface area contributed by atoms with Gasteiger partial charge >= 0.3 is 0 Å². The first kappa shape index (κ1) is 17.1. The van der Waals surface area contributed by atoms with E-state index in [1.165, 1.54) is 6.42 Å². The number of para-hydroxylation sites is 2. The minimum Gasteiger partial charge on any atom is -0.490 e. The van der Waals surface area contributed by atoms with Gasteiger partial charge in [-0.25, -0.2) is 0 Å². The van der Waals surface area contributed by atoms with Crippen LogP contribution in [0.5, 0.6) is 11.5 Å². The molecule has 2 N–H and O–H groups in total. The Hall–Kier alpha value is -0.970. The minimum absolute atomic E-state index is 0. The molecule has 20 heavy (non-hydrogen) atoms. The van der Waals surface area contributed by atoms with Crippen LogP contribution in [0.4, 0.5) is 0 Å². The second-order valence-electron chi connectivity index (χ2n) is 4.92. The number of ether oxygens (including phenoxy) is 2. The maximum absolute atomic E-state index is 5.82. The molecule has 0 radical (unpaired) electrons. The summed E-state index contributed by atoms with van der Waals surface area (Å²) >= 11 is 0. The van der Waals surface area contributed by atoms with Crippen LogP contribution in [-0.4, -0.2) is 44.3 Å². The highest BCUT2D eigenvalue weighted by Gasteiger charge is 2.20. The fraction of sp³-hybridized carbons (Fsp3) is 0.600. The summed E-state index contributed by atoms with van der Waals surface area (Å²) < 4.78 is 11.4. The molecule has 1 aliphatic rings. The lowest BCUT2D eigenvalue weighted by atomic mass is 10.1. The van der Waals surface area contributed by atoms with Crippen LogP contribution >= 0.6 is 12.4 Å². The average Bonchev–Trinajstić information content (AvgIpc) is 2.89. The summed E-state index contributed by atoms with van der Waals surface area (Å²) in [5, 5.41) is 0. The van der Waals surface area contributed by atoms with Crippen LogP contribution in [0.3, 0.4) is 0 Å². The number of rotatable bonds is 7. The van der Waals surface area contributed by atoms with Crippen LogP contribution in [-0.2, 0) is 0 Å². The number of nitrogens with two attached hydrogens (primary N) is 1. The third-order valence-electron chi connectivity index (χ3n) is 3.52. The second kappa shape index (κ2) is 9.06. The Morgan fingerprint density at radius 2 is 1.95 bits per heavy atom. The standard InChI is InChI=1S/C15H24N2O2.ClH/c1-2-18-14-5-3-4-6-15(14)19-10-9-17-8-7-13(11-16)12-17;/h3-6,13H,2,7-12,16H2,1H3;1H. The molecule has 1 atom stereocenters. The highest BCUT2D eigenvalue weighted by Crippen LogP contribution is 2.26. The lowest BCUT2D eigenvalue weighted by Crippen LogP contribution is -2.27. The molecular weight excluding hydrogens is 276 g/mol. The fourth-order valence-corrected chi connectivity index (χ4v) is 2.44. The number of benzene rings is 1. The summed E-state index contributed by atoms with van der Waals surface area (Å²) in [6.07, 6.45) is 1.21. The third-order valence-corrected chi connectivity index (χ3v) is 3.52. The highest BCUT2D eigenvalue weighted by molar-refractivity contribution is 5.85. The molecule has 4 nitrogen and oxygen atoms in total. The van der Waals surface area contributed by atoms with Gasteiger partial charge in [-0.05, 0) is 44.5 Å². The van der Waals surface area contributed by atoms with Crippen molar-refractivity contribution in [2.75, 3.05) is 39.4 Å². The first-order chi connectivity index (χ1) is 9.33. The van der Waals surface area contributed by atoms with Crippen LogP contribution in [0.15, 0.2) is 24.3 Å². The summed E-state index contributed by atoms with van der Waals surface area (Å²) in [4.78, 5) is 2.42. The van der Waals surface area contributed by atoms with E-state index in [4.69, 9.17) is 15.2 Å². The molecule has 2 rings (SSSR count). The number of likely N-dealkylation sites (tertiary alicyclic amines) is 1. The molecule has 1 heterocycles. The molecule has 1 fully saturated rings. The molecule has 1 saturated heterocycles. The van der Waals surface area contributed by atoms with Crippen molar-refractivity contribution in [3.8, 4) is 11.5 Å².